The molecule has 2 heteroatoms. The first-order valence-electron chi connectivity index (χ1n) is 6.10. The van der Waals surface area contributed by atoms with E-state index < -0.39 is 10.2 Å². The topological polar surface area (TPSA) is 12.0 Å². The molecule has 1 aromatic rings. The Morgan fingerprint density at radius 3 is 2.47 bits per heavy atom. The van der Waals surface area contributed by atoms with E-state index in [1.165, 1.54) is 16.9 Å². The van der Waals surface area contributed by atoms with E-state index in [2.05, 4.69) is 72.8 Å². The van der Waals surface area contributed by atoms with Crippen molar-refractivity contribution in [1.29, 1.82) is 0 Å². The van der Waals surface area contributed by atoms with Crippen LogP contribution in [0.25, 0.3) is 5.57 Å². The van der Waals surface area contributed by atoms with Crippen molar-refractivity contribution < 1.29 is 0 Å². The summed E-state index contributed by atoms with van der Waals surface area (Å²) in [6.07, 6.45) is 2.27. The molecule has 0 spiro atoms. The molecule has 0 bridgehead atoms. The summed E-state index contributed by atoms with van der Waals surface area (Å²) >= 11 is 0. The highest BCUT2D eigenvalue weighted by Gasteiger charge is 2.22. The lowest BCUT2D eigenvalue weighted by Gasteiger charge is -2.32. The van der Waals surface area contributed by atoms with E-state index in [1.807, 2.05) is 0 Å². The van der Waals surface area contributed by atoms with Crippen LogP contribution in [0.15, 0.2) is 47.2 Å². The van der Waals surface area contributed by atoms with Crippen molar-refractivity contribution >= 4 is 15.8 Å². The van der Waals surface area contributed by atoms with Crippen LogP contribution in [-0.4, -0.2) is 12.8 Å². The van der Waals surface area contributed by atoms with E-state index in [-0.39, 0.29) is 0 Å². The third-order valence-electron chi connectivity index (χ3n) is 2.92. The van der Waals surface area contributed by atoms with Crippen LogP contribution in [0.4, 0.5) is 0 Å². The summed E-state index contributed by atoms with van der Waals surface area (Å²) in [5, 5.41) is 4.80. The van der Waals surface area contributed by atoms with Crippen molar-refractivity contribution in [2.45, 2.75) is 13.8 Å². The van der Waals surface area contributed by atoms with Crippen LogP contribution in [-0.2, 0) is 0 Å². The second kappa shape index (κ2) is 5.11. The Morgan fingerprint density at radius 1 is 1.18 bits per heavy atom. The number of rotatable bonds is 4. The first-order chi connectivity index (χ1) is 8.15. The largest absolute Gasteiger partial charge is 0.277 e. The number of nitrogens with one attached hydrogen (secondary N) is 1. The SMILES string of the molecule is CNS1(CC(C)C)C=CC(c2ccccc2)=C1. The number of allylic oxidation sites excluding steroid dienone is 2. The molecule has 0 saturated heterocycles. The van der Waals surface area contributed by atoms with Gasteiger partial charge in [-0.05, 0) is 46.7 Å². The summed E-state index contributed by atoms with van der Waals surface area (Å²) in [5.41, 5.74) is 2.67. The predicted octanol–water partition coefficient (Wildman–Crippen LogP) is 4.15. The van der Waals surface area contributed by atoms with Crippen molar-refractivity contribution in [3.8, 4) is 0 Å². The predicted molar refractivity (Wildman–Crippen MR) is 79.9 cm³/mol. The lowest BCUT2D eigenvalue weighted by Crippen LogP contribution is -2.17. The van der Waals surface area contributed by atoms with Crippen LogP contribution in [0, 0.1) is 5.92 Å². The Hall–Kier alpha value is -0.990. The van der Waals surface area contributed by atoms with Gasteiger partial charge in [0.25, 0.3) is 0 Å². The summed E-state index contributed by atoms with van der Waals surface area (Å²) in [7, 11) is 1.19. The van der Waals surface area contributed by atoms with Crippen LogP contribution in [0.5, 0.6) is 0 Å². The molecule has 17 heavy (non-hydrogen) atoms. The smallest absolute Gasteiger partial charge is 0.00150 e. The van der Waals surface area contributed by atoms with Gasteiger partial charge in [0.05, 0.1) is 0 Å². The highest BCUT2D eigenvalue weighted by atomic mass is 32.3. The minimum absolute atomic E-state index is 0.716. The summed E-state index contributed by atoms with van der Waals surface area (Å²) in [6.45, 7) is 4.57. The third kappa shape index (κ3) is 2.82. The first-order valence-corrected chi connectivity index (χ1v) is 8.03. The summed E-state index contributed by atoms with van der Waals surface area (Å²) in [5.74, 6) is 1.93. The van der Waals surface area contributed by atoms with Gasteiger partial charge in [0.2, 0.25) is 0 Å². The van der Waals surface area contributed by atoms with E-state index in [1.54, 1.807) is 0 Å². The highest BCUT2D eigenvalue weighted by molar-refractivity contribution is 8.37. The van der Waals surface area contributed by atoms with Crippen molar-refractivity contribution in [3.63, 3.8) is 0 Å². The molecule has 92 valence electrons. The van der Waals surface area contributed by atoms with E-state index in [9.17, 15) is 0 Å². The fraction of sp³-hybridized carbons (Fsp3) is 0.333. The minimum atomic E-state index is -0.888. The van der Waals surface area contributed by atoms with Gasteiger partial charge in [-0.1, -0.05) is 44.2 Å². The molecule has 0 radical (unpaired) electrons. The molecule has 1 aliphatic rings. The Bertz CT molecular complexity index is 433. The van der Waals surface area contributed by atoms with Crippen molar-refractivity contribution in [2.75, 3.05) is 12.8 Å². The maximum absolute atomic E-state index is 3.53. The molecule has 1 aromatic carbocycles. The molecule has 1 N–H and O–H groups in total. The molecular weight excluding hydrogens is 226 g/mol. The molecular formula is C15H21NS. The van der Waals surface area contributed by atoms with Gasteiger partial charge in [0.1, 0.15) is 0 Å². The molecule has 0 aromatic heterocycles. The Morgan fingerprint density at radius 2 is 1.88 bits per heavy atom. The Labute approximate surface area is 106 Å². The fourth-order valence-corrected chi connectivity index (χ4v) is 5.03. The van der Waals surface area contributed by atoms with Gasteiger partial charge >= 0.3 is 0 Å². The zero-order valence-corrected chi connectivity index (χ0v) is 11.6. The number of hydrogen-bond acceptors (Lipinski definition) is 1. The zero-order chi connectivity index (χ0) is 12.3. The van der Waals surface area contributed by atoms with Gasteiger partial charge in [-0.2, -0.15) is 0 Å². The van der Waals surface area contributed by atoms with Gasteiger partial charge in [0, 0.05) is 0 Å². The average molecular weight is 247 g/mol. The van der Waals surface area contributed by atoms with Crippen LogP contribution in [0.2, 0.25) is 0 Å². The van der Waals surface area contributed by atoms with E-state index in [0.29, 0.717) is 5.92 Å². The quantitative estimate of drug-likeness (QED) is 0.843. The van der Waals surface area contributed by atoms with Crippen LogP contribution in [0.1, 0.15) is 19.4 Å². The third-order valence-corrected chi connectivity index (χ3v) is 6.20. The van der Waals surface area contributed by atoms with Gasteiger partial charge in [-0.25, -0.2) is 0 Å². The molecule has 0 saturated carbocycles. The molecule has 1 unspecified atom stereocenters. The fourth-order valence-electron chi connectivity index (χ4n) is 2.16. The van der Waals surface area contributed by atoms with Crippen molar-refractivity contribution in [3.05, 3.63) is 52.8 Å². The average Bonchev–Trinajstić information content (AvgIpc) is 2.74. The number of hydrogen-bond donors (Lipinski definition) is 1. The van der Waals surface area contributed by atoms with E-state index in [0.717, 1.165) is 0 Å². The molecule has 1 heterocycles. The minimum Gasteiger partial charge on any atom is -0.277 e. The monoisotopic (exact) mass is 247 g/mol. The van der Waals surface area contributed by atoms with Crippen molar-refractivity contribution in [1.82, 2.24) is 4.72 Å². The lowest BCUT2D eigenvalue weighted by atomic mass is 10.1. The first kappa shape index (κ1) is 12.5. The summed E-state index contributed by atoms with van der Waals surface area (Å²) in [4.78, 5) is 0. The lowest BCUT2D eigenvalue weighted by molar-refractivity contribution is 0.745. The molecule has 0 fully saturated rings. The Kier molecular flexibility index (Phi) is 3.75. The van der Waals surface area contributed by atoms with Crippen molar-refractivity contribution in [2.24, 2.45) is 5.92 Å². The van der Waals surface area contributed by atoms with E-state index in [4.69, 9.17) is 0 Å². The Balaban J connectivity index is 2.26. The molecule has 0 amide bonds. The molecule has 2 rings (SSSR count). The molecule has 1 aliphatic heterocycles. The van der Waals surface area contributed by atoms with E-state index >= 15 is 0 Å². The maximum atomic E-state index is 3.53. The van der Waals surface area contributed by atoms with Crippen LogP contribution < -0.4 is 4.72 Å². The summed E-state index contributed by atoms with van der Waals surface area (Å²) < 4.78 is 3.53. The molecule has 1 atom stereocenters. The zero-order valence-electron chi connectivity index (χ0n) is 10.8. The molecule has 1 nitrogen and oxygen atoms in total. The van der Waals surface area contributed by atoms with Gasteiger partial charge in [0.15, 0.2) is 0 Å². The second-order valence-electron chi connectivity index (χ2n) is 4.86. The van der Waals surface area contributed by atoms with Gasteiger partial charge in [-0.3, -0.25) is 4.72 Å². The maximum Gasteiger partial charge on any atom is -0.00150 e. The normalized spacial score (nSPS) is 26.9. The second-order valence-corrected chi connectivity index (χ2v) is 7.80. The van der Waals surface area contributed by atoms with Gasteiger partial charge < -0.3 is 0 Å². The van der Waals surface area contributed by atoms with Gasteiger partial charge in [-0.15, -0.1) is 10.2 Å². The summed E-state index contributed by atoms with van der Waals surface area (Å²) in [6, 6.07) is 10.6. The number of benzene rings is 1. The highest BCUT2D eigenvalue weighted by Crippen LogP contribution is 2.54. The standard InChI is InChI=1S/C15H21NS/c1-13(2)11-17(16-3)10-9-15(12-17)14-7-5-4-6-8-14/h4-10,12-13,16H,11H2,1-3H3. The van der Waals surface area contributed by atoms with Crippen LogP contribution >= 0.6 is 10.2 Å². The molecule has 0 aliphatic carbocycles. The van der Waals surface area contributed by atoms with Crippen LogP contribution in [0.3, 0.4) is 0 Å².